The molecule has 7 nitrogen and oxygen atoms in total. The van der Waals surface area contributed by atoms with E-state index in [-0.39, 0.29) is 0 Å². The third kappa shape index (κ3) is 6.31. The quantitative estimate of drug-likeness (QED) is 0.165. The Bertz CT molecular complexity index is 4930. The molecule has 5 aromatic heterocycles. The van der Waals surface area contributed by atoms with Crippen molar-refractivity contribution in [2.75, 3.05) is 0 Å². The SMILES string of the molecule is N#Cc1ccc(-c2cc(-c3nc(-c4ccccc4)nc(-c4ccc(-n5c6ccccc6c6c7sc8ccccc8c7ccc65)c(C#N)c4)n3)ccc2-n2c3ccccc3c3c4sc5ccccc5c4ccc32)cc1. The van der Waals surface area contributed by atoms with Gasteiger partial charge < -0.3 is 9.13 Å². The second kappa shape index (κ2) is 16.4. The third-order valence-electron chi connectivity index (χ3n) is 14.5. The van der Waals surface area contributed by atoms with Gasteiger partial charge in [0, 0.05) is 84.1 Å². The molecule has 10 aromatic carbocycles. The normalized spacial score (nSPS) is 11.8. The Morgan fingerprint density at radius 3 is 1.39 bits per heavy atom. The van der Waals surface area contributed by atoms with E-state index in [0.717, 1.165) is 61.1 Å². The van der Waals surface area contributed by atoms with Gasteiger partial charge in [-0.15, -0.1) is 22.7 Å². The number of hydrogen-bond acceptors (Lipinski definition) is 7. The Balaban J connectivity index is 0.920. The number of fused-ring (bicyclic) bond motifs is 14. The summed E-state index contributed by atoms with van der Waals surface area (Å²) in [6.07, 6.45) is 0. The van der Waals surface area contributed by atoms with Gasteiger partial charge in [-0.25, -0.2) is 15.0 Å². The summed E-state index contributed by atoms with van der Waals surface area (Å²) in [6.45, 7) is 0. The molecule has 0 radical (unpaired) electrons. The van der Waals surface area contributed by atoms with Gasteiger partial charge in [-0.2, -0.15) is 10.5 Å². The number of thiophene rings is 2. The van der Waals surface area contributed by atoms with E-state index in [0.29, 0.717) is 34.2 Å². The van der Waals surface area contributed by atoms with Crippen LogP contribution in [0.4, 0.5) is 0 Å². The van der Waals surface area contributed by atoms with Crippen molar-refractivity contribution in [2.24, 2.45) is 0 Å². The monoisotopic (exact) mass is 977 g/mol. The zero-order valence-corrected chi connectivity index (χ0v) is 40.8. The van der Waals surface area contributed by atoms with Crippen molar-refractivity contribution >= 4 is 107 Å². The predicted octanol–water partition coefficient (Wildman–Crippen LogP) is 17.2. The predicted molar refractivity (Wildman–Crippen MR) is 305 cm³/mol. The second-order valence-corrected chi connectivity index (χ2v) is 20.6. The molecule has 15 aromatic rings. The number of aromatic nitrogens is 5. The first kappa shape index (κ1) is 42.0. The van der Waals surface area contributed by atoms with Crippen LogP contribution in [0, 0.1) is 22.7 Å². The summed E-state index contributed by atoms with van der Waals surface area (Å²) in [5.74, 6) is 1.45. The average molecular weight is 978 g/mol. The van der Waals surface area contributed by atoms with E-state index in [1.807, 2.05) is 95.5 Å². The summed E-state index contributed by atoms with van der Waals surface area (Å²) in [5.41, 5.74) is 11.3. The van der Waals surface area contributed by atoms with E-state index in [1.54, 1.807) is 0 Å². The highest BCUT2D eigenvalue weighted by molar-refractivity contribution is 7.27. The largest absolute Gasteiger partial charge is 0.309 e. The van der Waals surface area contributed by atoms with Crippen LogP contribution < -0.4 is 0 Å². The Hall–Kier alpha value is -9.77. The fourth-order valence-electron chi connectivity index (χ4n) is 11.1. The summed E-state index contributed by atoms with van der Waals surface area (Å²) in [4.78, 5) is 15.5. The van der Waals surface area contributed by atoms with Crippen LogP contribution in [0.5, 0.6) is 0 Å². The lowest BCUT2D eigenvalue weighted by Crippen LogP contribution is -2.03. The van der Waals surface area contributed by atoms with Crippen LogP contribution in [-0.4, -0.2) is 24.1 Å². The molecule has 15 rings (SSSR count). The molecule has 0 aliphatic carbocycles. The first-order valence-electron chi connectivity index (χ1n) is 24.3. The molecule has 0 atom stereocenters. The van der Waals surface area contributed by atoms with Gasteiger partial charge >= 0.3 is 0 Å². The second-order valence-electron chi connectivity index (χ2n) is 18.5. The van der Waals surface area contributed by atoms with E-state index in [2.05, 4.69) is 161 Å². The Kier molecular flexibility index (Phi) is 9.29. The van der Waals surface area contributed by atoms with Crippen molar-refractivity contribution in [1.82, 2.24) is 24.1 Å². The van der Waals surface area contributed by atoms with Gasteiger partial charge in [0.05, 0.1) is 50.6 Å². The number of nitrogens with zero attached hydrogens (tertiary/aromatic N) is 7. The Morgan fingerprint density at radius 2 is 0.824 bits per heavy atom. The molecule has 0 saturated heterocycles. The van der Waals surface area contributed by atoms with Crippen LogP contribution in [0.2, 0.25) is 0 Å². The number of nitriles is 2. The maximum absolute atomic E-state index is 11.0. The van der Waals surface area contributed by atoms with Crippen LogP contribution in [0.3, 0.4) is 0 Å². The first-order chi connectivity index (χ1) is 36.6. The highest BCUT2D eigenvalue weighted by Gasteiger charge is 2.23. The molecular formula is C65H35N7S2. The van der Waals surface area contributed by atoms with Crippen molar-refractivity contribution in [3.63, 3.8) is 0 Å². The first-order valence-corrected chi connectivity index (χ1v) is 25.9. The zero-order chi connectivity index (χ0) is 49.0. The van der Waals surface area contributed by atoms with Gasteiger partial charge in [-0.05, 0) is 90.5 Å². The summed E-state index contributed by atoms with van der Waals surface area (Å²) in [6, 6.07) is 78.2. The summed E-state index contributed by atoms with van der Waals surface area (Å²) >= 11 is 3.65. The van der Waals surface area contributed by atoms with Gasteiger partial charge in [0.15, 0.2) is 17.5 Å². The molecular weight excluding hydrogens is 943 g/mol. The lowest BCUT2D eigenvalue weighted by molar-refractivity contribution is 1.07. The fraction of sp³-hybridized carbons (Fsp3) is 0. The molecule has 0 spiro atoms. The van der Waals surface area contributed by atoms with Gasteiger partial charge in [-0.3, -0.25) is 0 Å². The topological polar surface area (TPSA) is 96.1 Å². The average Bonchev–Trinajstić information content (AvgIpc) is 4.23. The highest BCUT2D eigenvalue weighted by Crippen LogP contribution is 2.46. The standard InChI is InChI=1S/C65H35N7S2/c66-36-38-22-24-39(25-23-38)50-35-42(27-31-54(50)72-53-19-9-5-17-49(53)60-56(72)33-29-47-45-15-7-11-21-58(45)74-62(47)60)65-69-63(40-12-2-1-3-13-40)68-64(70-65)41-26-30-51(43(34-41)37-67)71-52-18-8-4-16-48(52)59-55(71)32-28-46-44-14-6-10-20-57(44)73-61(46)59/h1-35H. The summed E-state index contributed by atoms with van der Waals surface area (Å²) in [7, 11) is 0. The molecule has 0 aliphatic heterocycles. The number of rotatable bonds is 6. The highest BCUT2D eigenvalue weighted by atomic mass is 32.1. The molecule has 5 heterocycles. The third-order valence-corrected chi connectivity index (χ3v) is 16.9. The molecule has 9 heteroatoms. The van der Waals surface area contributed by atoms with Crippen molar-refractivity contribution < 1.29 is 0 Å². The minimum atomic E-state index is 0.449. The van der Waals surface area contributed by atoms with Crippen molar-refractivity contribution in [2.45, 2.75) is 0 Å². The lowest BCUT2D eigenvalue weighted by Gasteiger charge is -2.16. The van der Waals surface area contributed by atoms with E-state index in [9.17, 15) is 10.5 Å². The van der Waals surface area contributed by atoms with Gasteiger partial charge in [-0.1, -0.05) is 127 Å². The fourth-order valence-corrected chi connectivity index (χ4v) is 13.6. The lowest BCUT2D eigenvalue weighted by atomic mass is 9.99. The van der Waals surface area contributed by atoms with Crippen LogP contribution in [0.15, 0.2) is 212 Å². The molecule has 0 fully saturated rings. The van der Waals surface area contributed by atoms with Crippen molar-refractivity contribution in [1.29, 1.82) is 10.5 Å². The van der Waals surface area contributed by atoms with Crippen LogP contribution in [0.1, 0.15) is 11.1 Å². The van der Waals surface area contributed by atoms with E-state index < -0.39 is 0 Å². The van der Waals surface area contributed by atoms with Gasteiger partial charge in [0.25, 0.3) is 0 Å². The molecule has 0 bridgehead atoms. The maximum Gasteiger partial charge on any atom is 0.164 e. The van der Waals surface area contributed by atoms with E-state index in [1.165, 1.54) is 56.5 Å². The van der Waals surface area contributed by atoms with Crippen LogP contribution in [-0.2, 0) is 0 Å². The van der Waals surface area contributed by atoms with Crippen LogP contribution in [0.25, 0.3) is 141 Å². The van der Waals surface area contributed by atoms with E-state index >= 15 is 0 Å². The number of benzene rings is 10. The summed E-state index contributed by atoms with van der Waals surface area (Å²) in [5, 5.41) is 30.6. The molecule has 0 saturated carbocycles. The number of para-hydroxylation sites is 2. The Labute approximate surface area is 431 Å². The smallest absolute Gasteiger partial charge is 0.164 e. The Morgan fingerprint density at radius 1 is 0.351 bits per heavy atom. The molecule has 74 heavy (non-hydrogen) atoms. The summed E-state index contributed by atoms with van der Waals surface area (Å²) < 4.78 is 9.60. The molecule has 0 aliphatic rings. The molecule has 342 valence electrons. The van der Waals surface area contributed by atoms with E-state index in [4.69, 9.17) is 15.0 Å². The van der Waals surface area contributed by atoms with Crippen molar-refractivity contribution in [3.05, 3.63) is 223 Å². The number of hydrogen-bond donors (Lipinski definition) is 0. The van der Waals surface area contributed by atoms with Crippen LogP contribution >= 0.6 is 22.7 Å². The molecule has 0 amide bonds. The minimum absolute atomic E-state index is 0.449. The maximum atomic E-state index is 11.0. The van der Waals surface area contributed by atoms with Crippen molar-refractivity contribution in [3.8, 4) is 68.8 Å². The van der Waals surface area contributed by atoms with Gasteiger partial charge in [0.1, 0.15) is 6.07 Å². The minimum Gasteiger partial charge on any atom is -0.309 e. The molecule has 0 unspecified atom stereocenters. The van der Waals surface area contributed by atoms with Gasteiger partial charge in [0.2, 0.25) is 0 Å². The molecule has 0 N–H and O–H groups in total. The zero-order valence-electron chi connectivity index (χ0n) is 39.2.